The van der Waals surface area contributed by atoms with Crippen LogP contribution in [0.25, 0.3) is 16.9 Å². The fourth-order valence-electron chi connectivity index (χ4n) is 5.98. The van der Waals surface area contributed by atoms with Crippen molar-refractivity contribution < 1.29 is 23.7 Å². The van der Waals surface area contributed by atoms with Crippen molar-refractivity contribution in [2.45, 2.75) is 51.5 Å². The lowest BCUT2D eigenvalue weighted by molar-refractivity contribution is 0.122. The van der Waals surface area contributed by atoms with E-state index in [-0.39, 0.29) is 12.4 Å². The molecule has 0 unspecified atom stereocenters. The first-order valence-electron chi connectivity index (χ1n) is 14.8. The maximum Gasteiger partial charge on any atom is 0.296 e. The van der Waals surface area contributed by atoms with Crippen molar-refractivity contribution in [3.05, 3.63) is 48.0 Å². The number of anilines is 2. The number of para-hydroxylation sites is 2. The molecular weight excluding hydrogens is 544 g/mol. The van der Waals surface area contributed by atoms with Crippen LogP contribution >= 0.6 is 0 Å². The highest BCUT2D eigenvalue weighted by Gasteiger charge is 2.27. The number of imidazole rings is 1. The number of aromatic nitrogens is 4. The number of halogens is 2. The Hall–Kier alpha value is -3.35. The highest BCUT2D eigenvalue weighted by molar-refractivity contribution is 5.78. The van der Waals surface area contributed by atoms with Crippen LogP contribution in [0.4, 0.5) is 20.5 Å². The zero-order valence-corrected chi connectivity index (χ0v) is 24.1. The van der Waals surface area contributed by atoms with Gasteiger partial charge in [-0.05, 0) is 62.7 Å². The van der Waals surface area contributed by atoms with Crippen LogP contribution < -0.4 is 10.2 Å². The molecule has 0 atom stereocenters. The summed E-state index contributed by atoms with van der Waals surface area (Å²) in [6.45, 7) is 6.69. The molecule has 0 bridgehead atoms. The van der Waals surface area contributed by atoms with Gasteiger partial charge in [-0.25, -0.2) is 13.8 Å². The molecule has 3 aromatic rings. The van der Waals surface area contributed by atoms with E-state index in [1.54, 1.807) is 24.3 Å². The Balaban J connectivity index is 1.34. The summed E-state index contributed by atoms with van der Waals surface area (Å²) in [6.07, 6.45) is 3.19. The average molecular weight is 586 g/mol. The third-order valence-corrected chi connectivity index (χ3v) is 8.20. The molecule has 3 N–H and O–H groups in total. The summed E-state index contributed by atoms with van der Waals surface area (Å²) in [4.78, 5) is 18.2. The number of aliphatic hydroxyl groups excluding tert-OH is 2. The van der Waals surface area contributed by atoms with Gasteiger partial charge in [0, 0.05) is 51.4 Å². The molecule has 10 nitrogen and oxygen atoms in total. The van der Waals surface area contributed by atoms with Gasteiger partial charge >= 0.3 is 0 Å². The zero-order valence-electron chi connectivity index (χ0n) is 24.1. The third-order valence-electron chi connectivity index (χ3n) is 8.20. The van der Waals surface area contributed by atoms with Gasteiger partial charge in [-0.15, -0.1) is 0 Å². The minimum absolute atomic E-state index is 0.150. The molecule has 0 radical (unpaired) electrons. The van der Waals surface area contributed by atoms with E-state index in [9.17, 15) is 19.0 Å². The number of morpholine rings is 1. The van der Waals surface area contributed by atoms with E-state index in [1.807, 2.05) is 13.0 Å². The number of ether oxygens (including phenoxy) is 1. The van der Waals surface area contributed by atoms with Crippen LogP contribution in [0.1, 0.15) is 51.3 Å². The van der Waals surface area contributed by atoms with E-state index in [0.717, 1.165) is 44.1 Å². The standard InChI is InChI=1S/C30H41F2N7O3/c1-21(20-41)19-38(11-4-14-40)23-9-7-22(8-10-23)18-33-30-35-26(37-12-15-42-16-13-37)17-27(36-30)39-25-6-3-2-5-24(25)34-29(39)28(31)32/h2-3,5-6,17,20,22-23,28,40-41H,4,7-16,18-19H2,1H3,(H,33,35,36)/b21-20+. The van der Waals surface area contributed by atoms with Gasteiger partial charge in [0.2, 0.25) is 5.95 Å². The average Bonchev–Trinajstić information content (AvgIpc) is 3.43. The third kappa shape index (κ3) is 7.16. The van der Waals surface area contributed by atoms with Gasteiger partial charge in [-0.1, -0.05) is 12.1 Å². The molecule has 1 saturated heterocycles. The Morgan fingerprint density at radius 1 is 1.12 bits per heavy atom. The van der Waals surface area contributed by atoms with Gasteiger partial charge in [0.25, 0.3) is 6.43 Å². The largest absolute Gasteiger partial charge is 0.516 e. The number of aliphatic hydroxyl groups is 2. The first kappa shape index (κ1) is 30.1. The van der Waals surface area contributed by atoms with Gasteiger partial charge in [-0.3, -0.25) is 9.47 Å². The molecule has 0 spiro atoms. The summed E-state index contributed by atoms with van der Waals surface area (Å²) in [5.41, 5.74) is 1.97. The van der Waals surface area contributed by atoms with Crippen molar-refractivity contribution in [1.82, 2.24) is 24.4 Å². The van der Waals surface area contributed by atoms with Crippen molar-refractivity contribution in [3.8, 4) is 5.82 Å². The van der Waals surface area contributed by atoms with Gasteiger partial charge in [0.1, 0.15) is 11.6 Å². The predicted octanol–water partition coefficient (Wildman–Crippen LogP) is 4.71. The van der Waals surface area contributed by atoms with E-state index < -0.39 is 6.43 Å². The monoisotopic (exact) mass is 585 g/mol. The van der Waals surface area contributed by atoms with Gasteiger partial charge < -0.3 is 25.2 Å². The first-order chi connectivity index (χ1) is 20.5. The number of alkyl halides is 2. The second-order valence-corrected chi connectivity index (χ2v) is 11.2. The Morgan fingerprint density at radius 3 is 2.57 bits per heavy atom. The van der Waals surface area contributed by atoms with Crippen molar-refractivity contribution in [2.75, 3.05) is 62.8 Å². The van der Waals surface area contributed by atoms with E-state index in [0.29, 0.717) is 86.4 Å². The van der Waals surface area contributed by atoms with Gasteiger partial charge in [-0.2, -0.15) is 9.97 Å². The van der Waals surface area contributed by atoms with Crippen LogP contribution in [0.2, 0.25) is 0 Å². The highest BCUT2D eigenvalue weighted by atomic mass is 19.3. The van der Waals surface area contributed by atoms with Crippen LogP contribution in [0, 0.1) is 5.92 Å². The van der Waals surface area contributed by atoms with Gasteiger partial charge in [0.15, 0.2) is 5.82 Å². The van der Waals surface area contributed by atoms with Gasteiger partial charge in [0.05, 0.1) is 30.5 Å². The lowest BCUT2D eigenvalue weighted by Crippen LogP contribution is -2.40. The number of rotatable bonds is 12. The number of hydrogen-bond acceptors (Lipinski definition) is 9. The molecule has 2 aromatic heterocycles. The lowest BCUT2D eigenvalue weighted by Gasteiger charge is -2.37. The Kier molecular flexibility index (Phi) is 10.2. The number of hydrogen-bond donors (Lipinski definition) is 3. The molecular formula is C30H41F2N7O3. The number of benzene rings is 1. The van der Waals surface area contributed by atoms with E-state index in [2.05, 4.69) is 20.1 Å². The van der Waals surface area contributed by atoms with E-state index in [4.69, 9.17) is 14.7 Å². The smallest absolute Gasteiger partial charge is 0.296 e. The lowest BCUT2D eigenvalue weighted by atomic mass is 9.85. The molecule has 42 heavy (non-hydrogen) atoms. The summed E-state index contributed by atoms with van der Waals surface area (Å²) in [6, 6.07) is 9.25. The molecule has 1 aromatic carbocycles. The van der Waals surface area contributed by atoms with Crippen molar-refractivity contribution in [2.24, 2.45) is 5.92 Å². The Morgan fingerprint density at radius 2 is 1.86 bits per heavy atom. The minimum atomic E-state index is -2.76. The van der Waals surface area contributed by atoms with Crippen LogP contribution in [-0.4, -0.2) is 93.2 Å². The normalized spacial score (nSPS) is 20.1. The molecule has 3 heterocycles. The molecule has 5 rings (SSSR count). The second kappa shape index (κ2) is 14.2. The van der Waals surface area contributed by atoms with Crippen LogP contribution in [0.15, 0.2) is 42.2 Å². The summed E-state index contributed by atoms with van der Waals surface area (Å²) >= 11 is 0. The van der Waals surface area contributed by atoms with Crippen molar-refractivity contribution >= 4 is 22.8 Å². The molecule has 12 heteroatoms. The second-order valence-electron chi connectivity index (χ2n) is 11.2. The molecule has 2 aliphatic rings. The topological polar surface area (TPSA) is 112 Å². The fourth-order valence-corrected chi connectivity index (χ4v) is 5.98. The number of nitrogens with zero attached hydrogens (tertiary/aromatic N) is 6. The summed E-state index contributed by atoms with van der Waals surface area (Å²) in [5, 5.41) is 22.2. The maximum absolute atomic E-state index is 14.1. The summed E-state index contributed by atoms with van der Waals surface area (Å²) in [5.74, 6) is 1.50. The van der Waals surface area contributed by atoms with E-state index in [1.165, 1.54) is 4.57 Å². The summed E-state index contributed by atoms with van der Waals surface area (Å²) in [7, 11) is 0. The van der Waals surface area contributed by atoms with Crippen molar-refractivity contribution in [3.63, 3.8) is 0 Å². The predicted molar refractivity (Wildman–Crippen MR) is 159 cm³/mol. The molecule has 1 aliphatic carbocycles. The minimum Gasteiger partial charge on any atom is -0.516 e. The first-order valence-corrected chi connectivity index (χ1v) is 14.8. The molecule has 0 amide bonds. The molecule has 228 valence electrons. The fraction of sp³-hybridized carbons (Fsp3) is 0.567. The van der Waals surface area contributed by atoms with Crippen LogP contribution in [-0.2, 0) is 4.74 Å². The number of fused-ring (bicyclic) bond motifs is 1. The Bertz CT molecular complexity index is 1340. The molecule has 1 saturated carbocycles. The maximum atomic E-state index is 14.1. The Labute approximate surface area is 245 Å². The van der Waals surface area contributed by atoms with Crippen LogP contribution in [0.3, 0.4) is 0 Å². The summed E-state index contributed by atoms with van der Waals surface area (Å²) < 4.78 is 35.2. The highest BCUT2D eigenvalue weighted by Crippen LogP contribution is 2.31. The quantitative estimate of drug-likeness (QED) is 0.260. The zero-order chi connectivity index (χ0) is 29.5. The van der Waals surface area contributed by atoms with Crippen molar-refractivity contribution in [1.29, 1.82) is 0 Å². The molecule has 1 aliphatic heterocycles. The number of nitrogens with one attached hydrogen (secondary N) is 1. The molecule has 2 fully saturated rings. The van der Waals surface area contributed by atoms with Crippen LogP contribution in [0.5, 0.6) is 0 Å². The SMILES string of the molecule is C/C(=C\O)CN(CCCO)C1CCC(CNc2nc(N3CCOCC3)cc(-n3c(C(F)F)nc4ccccc43)n2)CC1. The van der Waals surface area contributed by atoms with E-state index >= 15 is 0 Å².